The SMILES string of the molecule is CNS(=O)(=O)CCNC(=O)c1cccc2c1CCCN2. The van der Waals surface area contributed by atoms with E-state index in [1.165, 1.54) is 7.05 Å². The van der Waals surface area contributed by atoms with Crippen LogP contribution in [0, 0.1) is 0 Å². The Balaban J connectivity index is 2.03. The molecule has 0 unspecified atom stereocenters. The normalized spacial score (nSPS) is 14.2. The maximum atomic E-state index is 12.1. The summed E-state index contributed by atoms with van der Waals surface area (Å²) in [5.41, 5.74) is 2.62. The quantitative estimate of drug-likeness (QED) is 0.730. The summed E-state index contributed by atoms with van der Waals surface area (Å²) < 4.78 is 24.8. The zero-order valence-corrected chi connectivity index (χ0v) is 12.2. The molecule has 0 saturated heterocycles. The Kier molecular flexibility index (Phi) is 4.61. The molecule has 7 heteroatoms. The van der Waals surface area contributed by atoms with Crippen molar-refractivity contribution in [3.05, 3.63) is 29.3 Å². The van der Waals surface area contributed by atoms with E-state index in [1.54, 1.807) is 6.07 Å². The largest absolute Gasteiger partial charge is 0.385 e. The van der Waals surface area contributed by atoms with Gasteiger partial charge in [-0.05, 0) is 37.6 Å². The second-order valence-corrected chi connectivity index (χ2v) is 6.69. The standard InChI is InChI=1S/C13H19N3O3S/c1-14-20(18,19)9-8-16-13(17)11-4-2-6-12-10(11)5-3-7-15-12/h2,4,6,14-15H,3,5,7-9H2,1H3,(H,16,17). The van der Waals surface area contributed by atoms with Crippen molar-refractivity contribution in [3.8, 4) is 0 Å². The van der Waals surface area contributed by atoms with Crippen molar-refractivity contribution in [2.45, 2.75) is 12.8 Å². The summed E-state index contributed by atoms with van der Waals surface area (Å²) in [5, 5.41) is 5.92. The van der Waals surface area contributed by atoms with E-state index in [-0.39, 0.29) is 18.2 Å². The van der Waals surface area contributed by atoms with Gasteiger partial charge in [0.15, 0.2) is 0 Å². The number of nitrogens with one attached hydrogen (secondary N) is 3. The summed E-state index contributed by atoms with van der Waals surface area (Å²) in [6.07, 6.45) is 1.85. The second kappa shape index (κ2) is 6.23. The highest BCUT2D eigenvalue weighted by Gasteiger charge is 2.17. The van der Waals surface area contributed by atoms with Crippen LogP contribution >= 0.6 is 0 Å². The first-order valence-corrected chi connectivity index (χ1v) is 8.24. The lowest BCUT2D eigenvalue weighted by molar-refractivity contribution is 0.0955. The number of amides is 1. The van der Waals surface area contributed by atoms with Crippen molar-refractivity contribution < 1.29 is 13.2 Å². The van der Waals surface area contributed by atoms with Gasteiger partial charge in [0.2, 0.25) is 10.0 Å². The summed E-state index contributed by atoms with van der Waals surface area (Å²) in [4.78, 5) is 12.1. The minimum Gasteiger partial charge on any atom is -0.385 e. The Hall–Kier alpha value is -1.60. The molecule has 3 N–H and O–H groups in total. The molecule has 0 spiro atoms. The van der Waals surface area contributed by atoms with Crippen LogP contribution in [0.1, 0.15) is 22.3 Å². The van der Waals surface area contributed by atoms with E-state index in [2.05, 4.69) is 15.4 Å². The fourth-order valence-electron chi connectivity index (χ4n) is 2.22. The van der Waals surface area contributed by atoms with Gasteiger partial charge in [-0.3, -0.25) is 4.79 Å². The molecule has 1 aliphatic rings. The minimum atomic E-state index is -3.29. The van der Waals surface area contributed by atoms with Gasteiger partial charge in [0, 0.05) is 24.3 Å². The molecular formula is C13H19N3O3S. The van der Waals surface area contributed by atoms with Crippen molar-refractivity contribution >= 4 is 21.6 Å². The molecular weight excluding hydrogens is 278 g/mol. The van der Waals surface area contributed by atoms with Gasteiger partial charge in [-0.1, -0.05) is 6.07 Å². The van der Waals surface area contributed by atoms with E-state index in [9.17, 15) is 13.2 Å². The van der Waals surface area contributed by atoms with E-state index in [0.717, 1.165) is 30.6 Å². The third-order valence-electron chi connectivity index (χ3n) is 3.31. The molecule has 0 bridgehead atoms. The number of sulfonamides is 1. The summed E-state index contributed by atoms with van der Waals surface area (Å²) in [5.74, 6) is -0.348. The molecule has 20 heavy (non-hydrogen) atoms. The smallest absolute Gasteiger partial charge is 0.251 e. The van der Waals surface area contributed by atoms with Crippen LogP contribution in [0.25, 0.3) is 0 Å². The molecule has 1 aromatic carbocycles. The predicted octanol–water partition coefficient (Wildman–Crippen LogP) is 0.324. The van der Waals surface area contributed by atoms with E-state index in [4.69, 9.17) is 0 Å². The Bertz CT molecular complexity index is 599. The van der Waals surface area contributed by atoms with E-state index < -0.39 is 10.0 Å². The first kappa shape index (κ1) is 14.8. The Morgan fingerprint density at radius 1 is 1.40 bits per heavy atom. The van der Waals surface area contributed by atoms with Gasteiger partial charge in [-0.15, -0.1) is 0 Å². The van der Waals surface area contributed by atoms with Gasteiger partial charge in [0.05, 0.1) is 5.75 Å². The van der Waals surface area contributed by atoms with E-state index in [0.29, 0.717) is 5.56 Å². The van der Waals surface area contributed by atoms with E-state index >= 15 is 0 Å². The summed E-state index contributed by atoms with van der Waals surface area (Å²) in [6.45, 7) is 1.01. The van der Waals surface area contributed by atoms with Gasteiger partial charge >= 0.3 is 0 Å². The number of carbonyl (C=O) groups excluding carboxylic acids is 1. The highest BCUT2D eigenvalue weighted by Crippen LogP contribution is 2.25. The highest BCUT2D eigenvalue weighted by molar-refractivity contribution is 7.89. The number of hydrogen-bond donors (Lipinski definition) is 3. The van der Waals surface area contributed by atoms with Crippen LogP contribution < -0.4 is 15.4 Å². The molecule has 1 aromatic rings. The molecule has 1 amide bonds. The maximum absolute atomic E-state index is 12.1. The molecule has 0 radical (unpaired) electrons. The molecule has 0 saturated carbocycles. The predicted molar refractivity (Wildman–Crippen MR) is 78.4 cm³/mol. The zero-order valence-electron chi connectivity index (χ0n) is 11.4. The molecule has 0 atom stereocenters. The first-order chi connectivity index (χ1) is 9.53. The average molecular weight is 297 g/mol. The fraction of sp³-hybridized carbons (Fsp3) is 0.462. The van der Waals surface area contributed by atoms with Crippen molar-refractivity contribution in [1.29, 1.82) is 0 Å². The molecule has 1 heterocycles. The van der Waals surface area contributed by atoms with Gasteiger partial charge < -0.3 is 10.6 Å². The minimum absolute atomic E-state index is 0.0963. The molecule has 0 fully saturated rings. The van der Waals surface area contributed by atoms with Crippen LogP contribution in [0.4, 0.5) is 5.69 Å². The van der Waals surface area contributed by atoms with Crippen molar-refractivity contribution in [2.24, 2.45) is 0 Å². The molecule has 6 nitrogen and oxygen atoms in total. The van der Waals surface area contributed by atoms with Crippen molar-refractivity contribution in [2.75, 3.05) is 31.2 Å². The number of anilines is 1. The summed E-state index contributed by atoms with van der Waals surface area (Å²) >= 11 is 0. The van der Waals surface area contributed by atoms with Gasteiger partial charge in [-0.25, -0.2) is 13.1 Å². The van der Waals surface area contributed by atoms with Crippen LogP contribution in [0.15, 0.2) is 18.2 Å². The van der Waals surface area contributed by atoms with Gasteiger partial charge in [-0.2, -0.15) is 0 Å². The highest BCUT2D eigenvalue weighted by atomic mass is 32.2. The fourth-order valence-corrected chi connectivity index (χ4v) is 2.79. The number of hydrogen-bond acceptors (Lipinski definition) is 4. The Morgan fingerprint density at radius 2 is 2.20 bits per heavy atom. The zero-order chi connectivity index (χ0) is 14.6. The lowest BCUT2D eigenvalue weighted by atomic mass is 9.97. The lowest BCUT2D eigenvalue weighted by Crippen LogP contribution is -2.33. The van der Waals surface area contributed by atoms with Crippen molar-refractivity contribution in [1.82, 2.24) is 10.0 Å². The van der Waals surface area contributed by atoms with Crippen LogP contribution in [0.2, 0.25) is 0 Å². The molecule has 0 aromatic heterocycles. The number of fused-ring (bicyclic) bond motifs is 1. The molecule has 0 aliphatic carbocycles. The summed E-state index contributed by atoms with van der Waals surface area (Å²) in [7, 11) is -1.93. The van der Waals surface area contributed by atoms with Crippen LogP contribution in [0.5, 0.6) is 0 Å². The molecule has 2 rings (SSSR count). The van der Waals surface area contributed by atoms with Crippen LogP contribution in [-0.2, 0) is 16.4 Å². The second-order valence-electron chi connectivity index (χ2n) is 4.64. The third-order valence-corrected chi connectivity index (χ3v) is 4.67. The number of rotatable bonds is 5. The van der Waals surface area contributed by atoms with Gasteiger partial charge in [0.1, 0.15) is 0 Å². The topological polar surface area (TPSA) is 87.3 Å². The number of carbonyl (C=O) groups is 1. The maximum Gasteiger partial charge on any atom is 0.251 e. The van der Waals surface area contributed by atoms with Crippen LogP contribution in [-0.4, -0.2) is 40.2 Å². The molecule has 110 valence electrons. The monoisotopic (exact) mass is 297 g/mol. The Morgan fingerprint density at radius 3 is 2.95 bits per heavy atom. The van der Waals surface area contributed by atoms with Crippen molar-refractivity contribution in [3.63, 3.8) is 0 Å². The summed E-state index contributed by atoms with van der Waals surface area (Å²) in [6, 6.07) is 5.56. The van der Waals surface area contributed by atoms with Gasteiger partial charge in [0.25, 0.3) is 5.91 Å². The van der Waals surface area contributed by atoms with Crippen LogP contribution in [0.3, 0.4) is 0 Å². The number of benzene rings is 1. The Labute approximate surface area is 119 Å². The van der Waals surface area contributed by atoms with E-state index in [1.807, 2.05) is 12.1 Å². The third kappa shape index (κ3) is 3.49. The molecule has 1 aliphatic heterocycles. The lowest BCUT2D eigenvalue weighted by Gasteiger charge is -2.20. The average Bonchev–Trinajstić information content (AvgIpc) is 2.46. The first-order valence-electron chi connectivity index (χ1n) is 6.58.